The summed E-state index contributed by atoms with van der Waals surface area (Å²) in [5, 5.41) is 0. The van der Waals surface area contributed by atoms with Gasteiger partial charge < -0.3 is 9.47 Å². The fraction of sp³-hybridized carbons (Fsp3) is 0.800. The van der Waals surface area contributed by atoms with Gasteiger partial charge in [0.25, 0.3) is 0 Å². The number of carbonyl (C=O) groups is 2. The van der Waals surface area contributed by atoms with Gasteiger partial charge in [-0.05, 0) is 34.6 Å². The molecule has 0 N–H and O–H groups in total. The zero-order valence-corrected chi connectivity index (χ0v) is 9.37. The van der Waals surface area contributed by atoms with Crippen molar-refractivity contribution in [3.05, 3.63) is 0 Å². The summed E-state index contributed by atoms with van der Waals surface area (Å²) in [6.45, 7) is 8.65. The Morgan fingerprint density at radius 2 is 1.79 bits per heavy atom. The van der Waals surface area contributed by atoms with Crippen LogP contribution in [0.3, 0.4) is 0 Å². The van der Waals surface area contributed by atoms with E-state index in [-0.39, 0.29) is 0 Å². The molecule has 14 heavy (non-hydrogen) atoms. The van der Waals surface area contributed by atoms with Crippen LogP contribution in [0, 0.1) is 0 Å². The largest absolute Gasteiger partial charge is 0.453 e. The van der Waals surface area contributed by atoms with Gasteiger partial charge in [-0.2, -0.15) is 0 Å². The zero-order chi connectivity index (χ0) is 11.4. The lowest BCUT2D eigenvalue weighted by molar-refractivity contribution is -0.169. The molecule has 0 aliphatic rings. The zero-order valence-electron chi connectivity index (χ0n) is 9.37. The van der Waals surface area contributed by atoms with E-state index < -0.39 is 23.8 Å². The highest BCUT2D eigenvalue weighted by molar-refractivity contribution is 5.76. The smallest absolute Gasteiger partial charge is 0.335 e. The molecule has 0 radical (unpaired) electrons. The summed E-state index contributed by atoms with van der Waals surface area (Å²) in [6.07, 6.45) is -0.798. The van der Waals surface area contributed by atoms with Crippen LogP contribution in [0.25, 0.3) is 0 Å². The van der Waals surface area contributed by atoms with E-state index in [0.29, 0.717) is 6.29 Å². The van der Waals surface area contributed by atoms with Crippen molar-refractivity contribution in [1.82, 2.24) is 0 Å². The van der Waals surface area contributed by atoms with Gasteiger partial charge in [0.15, 0.2) is 18.5 Å². The van der Waals surface area contributed by atoms with E-state index in [9.17, 15) is 9.59 Å². The number of ether oxygens (including phenoxy) is 2. The molecule has 0 aromatic rings. The Morgan fingerprint density at radius 3 is 2.14 bits per heavy atom. The summed E-state index contributed by atoms with van der Waals surface area (Å²) in [5.41, 5.74) is -0.400. The third-order valence-electron chi connectivity index (χ3n) is 1.36. The van der Waals surface area contributed by atoms with Gasteiger partial charge in [-0.25, -0.2) is 4.79 Å². The van der Waals surface area contributed by atoms with Gasteiger partial charge in [0.05, 0.1) is 5.60 Å². The SMILES string of the molecule is CC(C=O)OC(=O)C(C)OC(C)(C)C. The van der Waals surface area contributed by atoms with E-state index in [0.717, 1.165) is 0 Å². The Morgan fingerprint density at radius 1 is 1.29 bits per heavy atom. The minimum absolute atomic E-state index is 0.400. The molecule has 0 amide bonds. The fourth-order valence-electron chi connectivity index (χ4n) is 0.885. The first-order valence-corrected chi connectivity index (χ1v) is 4.60. The molecule has 0 aliphatic carbocycles. The summed E-state index contributed by atoms with van der Waals surface area (Å²) < 4.78 is 10.1. The normalized spacial score (nSPS) is 15.8. The quantitative estimate of drug-likeness (QED) is 0.509. The maximum absolute atomic E-state index is 11.3. The third-order valence-corrected chi connectivity index (χ3v) is 1.36. The Labute approximate surface area is 84.6 Å². The van der Waals surface area contributed by atoms with Crippen molar-refractivity contribution in [2.24, 2.45) is 0 Å². The van der Waals surface area contributed by atoms with Crippen LogP contribution in [-0.2, 0) is 19.1 Å². The number of esters is 1. The van der Waals surface area contributed by atoms with E-state index in [4.69, 9.17) is 9.47 Å². The lowest BCUT2D eigenvalue weighted by Gasteiger charge is -2.24. The topological polar surface area (TPSA) is 52.6 Å². The molecule has 4 nitrogen and oxygen atoms in total. The fourth-order valence-corrected chi connectivity index (χ4v) is 0.885. The van der Waals surface area contributed by atoms with E-state index in [1.54, 1.807) is 6.92 Å². The summed E-state index contributed by atoms with van der Waals surface area (Å²) in [5.74, 6) is -0.514. The maximum atomic E-state index is 11.3. The molecule has 4 heteroatoms. The van der Waals surface area contributed by atoms with E-state index >= 15 is 0 Å². The van der Waals surface area contributed by atoms with Gasteiger partial charge in [-0.1, -0.05) is 0 Å². The van der Waals surface area contributed by atoms with Crippen molar-refractivity contribution in [3.63, 3.8) is 0 Å². The molecule has 82 valence electrons. The summed E-state index contributed by atoms with van der Waals surface area (Å²) in [4.78, 5) is 21.5. The van der Waals surface area contributed by atoms with Crippen LogP contribution in [0.2, 0.25) is 0 Å². The van der Waals surface area contributed by atoms with Crippen molar-refractivity contribution in [1.29, 1.82) is 0 Å². The second-order valence-electron chi connectivity index (χ2n) is 4.15. The highest BCUT2D eigenvalue weighted by atomic mass is 16.6. The van der Waals surface area contributed by atoms with Gasteiger partial charge in [-0.3, -0.25) is 4.79 Å². The van der Waals surface area contributed by atoms with Gasteiger partial charge in [0.2, 0.25) is 0 Å². The molecule has 0 aliphatic heterocycles. The number of hydrogen-bond donors (Lipinski definition) is 0. The van der Waals surface area contributed by atoms with Crippen molar-refractivity contribution in [2.75, 3.05) is 0 Å². The first-order chi connectivity index (χ1) is 6.26. The second kappa shape index (κ2) is 5.10. The molecular formula is C10H18O4. The van der Waals surface area contributed by atoms with Crippen molar-refractivity contribution < 1.29 is 19.1 Å². The van der Waals surface area contributed by atoms with E-state index in [1.165, 1.54) is 6.92 Å². The summed E-state index contributed by atoms with van der Waals surface area (Å²) >= 11 is 0. The average Bonchev–Trinajstić information content (AvgIpc) is 2.00. The predicted molar refractivity (Wildman–Crippen MR) is 51.9 cm³/mol. The Hall–Kier alpha value is -0.900. The molecule has 2 atom stereocenters. The van der Waals surface area contributed by atoms with Gasteiger partial charge in [0, 0.05) is 0 Å². The molecule has 0 heterocycles. The van der Waals surface area contributed by atoms with Crippen LogP contribution in [0.4, 0.5) is 0 Å². The Kier molecular flexibility index (Phi) is 4.77. The average molecular weight is 202 g/mol. The van der Waals surface area contributed by atoms with Crippen LogP contribution in [0.1, 0.15) is 34.6 Å². The van der Waals surface area contributed by atoms with Crippen molar-refractivity contribution in [2.45, 2.75) is 52.4 Å². The molecular weight excluding hydrogens is 184 g/mol. The summed E-state index contributed by atoms with van der Waals surface area (Å²) in [6, 6.07) is 0. The number of hydrogen-bond acceptors (Lipinski definition) is 4. The molecule has 0 rings (SSSR count). The van der Waals surface area contributed by atoms with Crippen LogP contribution in [0.5, 0.6) is 0 Å². The van der Waals surface area contributed by atoms with Gasteiger partial charge in [0.1, 0.15) is 0 Å². The van der Waals surface area contributed by atoms with Crippen LogP contribution in [-0.4, -0.2) is 30.1 Å². The molecule has 0 aromatic carbocycles. The molecule has 0 spiro atoms. The maximum Gasteiger partial charge on any atom is 0.335 e. The highest BCUT2D eigenvalue weighted by Crippen LogP contribution is 2.11. The first kappa shape index (κ1) is 13.1. The minimum atomic E-state index is -0.714. The number of rotatable bonds is 4. The lowest BCUT2D eigenvalue weighted by Crippen LogP contribution is -2.34. The second-order valence-corrected chi connectivity index (χ2v) is 4.15. The molecule has 2 unspecified atom stereocenters. The van der Waals surface area contributed by atoms with Crippen LogP contribution >= 0.6 is 0 Å². The highest BCUT2D eigenvalue weighted by Gasteiger charge is 2.23. The number of aldehydes is 1. The molecule has 0 bridgehead atoms. The third kappa shape index (κ3) is 5.70. The van der Waals surface area contributed by atoms with Crippen molar-refractivity contribution >= 4 is 12.3 Å². The standard InChI is InChI=1S/C10H18O4/c1-7(6-11)13-9(12)8(2)14-10(3,4)5/h6-8H,1-5H3. The van der Waals surface area contributed by atoms with E-state index in [1.807, 2.05) is 20.8 Å². The first-order valence-electron chi connectivity index (χ1n) is 4.60. The van der Waals surface area contributed by atoms with Gasteiger partial charge in [-0.15, -0.1) is 0 Å². The van der Waals surface area contributed by atoms with E-state index in [2.05, 4.69) is 0 Å². The summed E-state index contributed by atoms with van der Waals surface area (Å²) in [7, 11) is 0. The number of carbonyl (C=O) groups excluding carboxylic acids is 2. The molecule has 0 saturated heterocycles. The van der Waals surface area contributed by atoms with Crippen molar-refractivity contribution in [3.8, 4) is 0 Å². The lowest BCUT2D eigenvalue weighted by atomic mass is 10.2. The monoisotopic (exact) mass is 202 g/mol. The molecule has 0 saturated carbocycles. The van der Waals surface area contributed by atoms with Crippen LogP contribution in [0.15, 0.2) is 0 Å². The van der Waals surface area contributed by atoms with Crippen LogP contribution < -0.4 is 0 Å². The molecule has 0 fully saturated rings. The Bertz CT molecular complexity index is 205. The predicted octanol–water partition coefficient (Wildman–Crippen LogP) is 1.32. The Balaban J connectivity index is 4.06. The van der Waals surface area contributed by atoms with Gasteiger partial charge >= 0.3 is 5.97 Å². The minimum Gasteiger partial charge on any atom is -0.453 e. The molecule has 0 aromatic heterocycles.